The number of likely N-dealkylation sites (tertiary alicyclic amines) is 1. The second-order valence-corrected chi connectivity index (χ2v) is 5.06. The first-order chi connectivity index (χ1) is 9.19. The number of anilines is 1. The maximum atomic E-state index is 11.3. The molecule has 1 saturated heterocycles. The van der Waals surface area contributed by atoms with Gasteiger partial charge in [0.25, 0.3) is 0 Å². The van der Waals surface area contributed by atoms with Crippen molar-refractivity contribution < 1.29 is 4.79 Å². The Bertz CT molecular complexity index is 435. The summed E-state index contributed by atoms with van der Waals surface area (Å²) in [5.74, 6) is 0.736. The lowest BCUT2D eigenvalue weighted by atomic mass is 9.97. The second kappa shape index (κ2) is 6.52. The van der Waals surface area contributed by atoms with Gasteiger partial charge in [-0.15, -0.1) is 0 Å². The monoisotopic (exact) mass is 262 g/mol. The molecule has 3 N–H and O–H groups in total. The van der Waals surface area contributed by atoms with Crippen LogP contribution in [0.2, 0.25) is 0 Å². The van der Waals surface area contributed by atoms with Gasteiger partial charge in [-0.25, -0.2) is 4.98 Å². The van der Waals surface area contributed by atoms with Crippen LogP contribution in [0.25, 0.3) is 0 Å². The number of hydrogen-bond acceptors (Lipinski definition) is 4. The number of nitrogens with zero attached hydrogens (tertiary/aromatic N) is 2. The third kappa shape index (κ3) is 3.92. The first-order valence-electron chi connectivity index (χ1n) is 6.89. The Morgan fingerprint density at radius 2 is 2.47 bits per heavy atom. The second-order valence-electron chi connectivity index (χ2n) is 5.06. The molecule has 1 aliphatic rings. The van der Waals surface area contributed by atoms with Crippen molar-refractivity contribution in [2.45, 2.75) is 26.3 Å². The number of aromatic nitrogens is 1. The topological polar surface area (TPSA) is 71.2 Å². The van der Waals surface area contributed by atoms with E-state index in [9.17, 15) is 4.79 Å². The number of amides is 1. The van der Waals surface area contributed by atoms with Crippen LogP contribution in [0, 0.1) is 5.92 Å². The molecule has 0 aromatic carbocycles. The van der Waals surface area contributed by atoms with Crippen LogP contribution in [0.3, 0.4) is 0 Å². The van der Waals surface area contributed by atoms with E-state index in [0.717, 1.165) is 44.8 Å². The van der Waals surface area contributed by atoms with Crippen molar-refractivity contribution in [3.63, 3.8) is 0 Å². The number of carbonyl (C=O) groups is 1. The minimum absolute atomic E-state index is 0.00354. The van der Waals surface area contributed by atoms with Crippen molar-refractivity contribution >= 4 is 11.7 Å². The third-order valence-corrected chi connectivity index (χ3v) is 3.50. The first kappa shape index (κ1) is 13.8. The Morgan fingerprint density at radius 1 is 1.63 bits per heavy atom. The summed E-state index contributed by atoms with van der Waals surface area (Å²) in [6.07, 6.45) is 3.78. The van der Waals surface area contributed by atoms with Crippen LogP contribution in [0.4, 0.5) is 5.82 Å². The summed E-state index contributed by atoms with van der Waals surface area (Å²) in [4.78, 5) is 17.8. The lowest BCUT2D eigenvalue weighted by Crippen LogP contribution is -2.40. The maximum absolute atomic E-state index is 11.3. The summed E-state index contributed by atoms with van der Waals surface area (Å²) in [5.41, 5.74) is 6.62. The van der Waals surface area contributed by atoms with Crippen LogP contribution in [0.15, 0.2) is 18.3 Å². The smallest absolute Gasteiger partial charge is 0.221 e. The van der Waals surface area contributed by atoms with Gasteiger partial charge in [-0.05, 0) is 44.0 Å². The van der Waals surface area contributed by atoms with Gasteiger partial charge in [0.2, 0.25) is 5.91 Å². The molecule has 19 heavy (non-hydrogen) atoms. The van der Waals surface area contributed by atoms with Crippen LogP contribution in [0.5, 0.6) is 0 Å². The van der Waals surface area contributed by atoms with Crippen molar-refractivity contribution in [2.24, 2.45) is 11.7 Å². The van der Waals surface area contributed by atoms with E-state index in [1.807, 2.05) is 12.3 Å². The highest BCUT2D eigenvalue weighted by Crippen LogP contribution is 2.18. The molecule has 104 valence electrons. The zero-order valence-corrected chi connectivity index (χ0v) is 11.4. The number of nitrogens with two attached hydrogens (primary N) is 1. The van der Waals surface area contributed by atoms with E-state index in [2.05, 4.69) is 28.2 Å². The Morgan fingerprint density at radius 3 is 3.21 bits per heavy atom. The fourth-order valence-corrected chi connectivity index (χ4v) is 2.54. The number of pyridine rings is 1. The van der Waals surface area contributed by atoms with Gasteiger partial charge < -0.3 is 11.1 Å². The molecule has 2 rings (SSSR count). The summed E-state index contributed by atoms with van der Waals surface area (Å²) in [7, 11) is 0. The molecule has 1 fully saturated rings. The average molecular weight is 262 g/mol. The van der Waals surface area contributed by atoms with Gasteiger partial charge in [0.15, 0.2) is 0 Å². The molecule has 5 nitrogen and oxygen atoms in total. The predicted molar refractivity (Wildman–Crippen MR) is 75.6 cm³/mol. The van der Waals surface area contributed by atoms with E-state index in [1.165, 1.54) is 5.56 Å². The summed E-state index contributed by atoms with van der Waals surface area (Å²) in [6, 6.07) is 4.09. The van der Waals surface area contributed by atoms with E-state index in [4.69, 9.17) is 5.73 Å². The molecule has 5 heteroatoms. The molecule has 1 aliphatic heterocycles. The molecule has 0 spiro atoms. The largest absolute Gasteiger partial charge is 0.370 e. The highest BCUT2D eigenvalue weighted by molar-refractivity contribution is 5.76. The molecule has 1 unspecified atom stereocenters. The first-order valence-corrected chi connectivity index (χ1v) is 6.89. The number of primary amides is 1. The standard InChI is InChI=1S/C14H22N4O/c1-2-16-13-8-11(5-6-17-13)9-18-7-3-4-12(10-18)14(15)19/h5-6,8,12H,2-4,7,9-10H2,1H3,(H2,15,19)(H,16,17). The lowest BCUT2D eigenvalue weighted by molar-refractivity contribution is -0.123. The predicted octanol–water partition coefficient (Wildman–Crippen LogP) is 1.21. The third-order valence-electron chi connectivity index (χ3n) is 3.50. The van der Waals surface area contributed by atoms with E-state index in [0.29, 0.717) is 0 Å². The Hall–Kier alpha value is -1.62. The summed E-state index contributed by atoms with van der Waals surface area (Å²) in [5, 5.41) is 3.21. The molecular weight excluding hydrogens is 240 g/mol. The SMILES string of the molecule is CCNc1cc(CN2CCCC(C(N)=O)C2)ccn1. The van der Waals surface area contributed by atoms with Gasteiger partial charge in [0, 0.05) is 25.8 Å². The molecule has 0 radical (unpaired) electrons. The highest BCUT2D eigenvalue weighted by Gasteiger charge is 2.23. The minimum Gasteiger partial charge on any atom is -0.370 e. The quantitative estimate of drug-likeness (QED) is 0.836. The number of piperidine rings is 1. The number of carbonyl (C=O) groups excluding carboxylic acids is 1. The fraction of sp³-hybridized carbons (Fsp3) is 0.571. The zero-order valence-electron chi connectivity index (χ0n) is 11.4. The molecule has 1 aromatic rings. The van der Waals surface area contributed by atoms with Crippen molar-refractivity contribution in [1.29, 1.82) is 0 Å². The van der Waals surface area contributed by atoms with Crippen LogP contribution in [-0.4, -0.2) is 35.4 Å². The van der Waals surface area contributed by atoms with Crippen LogP contribution in [0.1, 0.15) is 25.3 Å². The summed E-state index contributed by atoms with van der Waals surface area (Å²) < 4.78 is 0. The molecule has 2 heterocycles. The molecule has 1 amide bonds. The fourth-order valence-electron chi connectivity index (χ4n) is 2.54. The van der Waals surface area contributed by atoms with E-state index < -0.39 is 0 Å². The van der Waals surface area contributed by atoms with Crippen LogP contribution < -0.4 is 11.1 Å². The van der Waals surface area contributed by atoms with Crippen molar-refractivity contribution in [3.8, 4) is 0 Å². The molecular formula is C14H22N4O. The van der Waals surface area contributed by atoms with Gasteiger partial charge in [0.05, 0.1) is 5.92 Å². The molecule has 1 aromatic heterocycles. The molecule has 0 bridgehead atoms. The van der Waals surface area contributed by atoms with Gasteiger partial charge >= 0.3 is 0 Å². The van der Waals surface area contributed by atoms with Crippen molar-refractivity contribution in [1.82, 2.24) is 9.88 Å². The van der Waals surface area contributed by atoms with Gasteiger partial charge in [-0.3, -0.25) is 9.69 Å². The highest BCUT2D eigenvalue weighted by atomic mass is 16.1. The number of nitrogens with one attached hydrogen (secondary N) is 1. The van der Waals surface area contributed by atoms with Crippen LogP contribution in [-0.2, 0) is 11.3 Å². The molecule has 1 atom stereocenters. The van der Waals surface area contributed by atoms with E-state index in [1.54, 1.807) is 0 Å². The van der Waals surface area contributed by atoms with E-state index >= 15 is 0 Å². The van der Waals surface area contributed by atoms with Gasteiger partial charge in [-0.2, -0.15) is 0 Å². The van der Waals surface area contributed by atoms with Gasteiger partial charge in [0.1, 0.15) is 5.82 Å². The van der Waals surface area contributed by atoms with Crippen molar-refractivity contribution in [2.75, 3.05) is 25.0 Å². The van der Waals surface area contributed by atoms with E-state index in [-0.39, 0.29) is 11.8 Å². The number of hydrogen-bond donors (Lipinski definition) is 2. The molecule has 0 aliphatic carbocycles. The summed E-state index contributed by atoms with van der Waals surface area (Å²) in [6.45, 7) is 5.57. The zero-order chi connectivity index (χ0) is 13.7. The van der Waals surface area contributed by atoms with Crippen molar-refractivity contribution in [3.05, 3.63) is 23.9 Å². The summed E-state index contributed by atoms with van der Waals surface area (Å²) >= 11 is 0. The Labute approximate surface area is 114 Å². The lowest BCUT2D eigenvalue weighted by Gasteiger charge is -2.31. The van der Waals surface area contributed by atoms with Crippen LogP contribution >= 0.6 is 0 Å². The number of rotatable bonds is 5. The normalized spacial score (nSPS) is 20.2. The average Bonchev–Trinajstić information content (AvgIpc) is 2.40. The van der Waals surface area contributed by atoms with Gasteiger partial charge in [-0.1, -0.05) is 0 Å². The Balaban J connectivity index is 1.96. The minimum atomic E-state index is -0.173. The molecule has 0 saturated carbocycles. The Kier molecular flexibility index (Phi) is 4.74. The maximum Gasteiger partial charge on any atom is 0.221 e.